The quantitative estimate of drug-likeness (QED) is 0.753. The maximum Gasteiger partial charge on any atom is 0.0444 e. The summed E-state index contributed by atoms with van der Waals surface area (Å²) >= 11 is 0. The summed E-state index contributed by atoms with van der Waals surface area (Å²) in [7, 11) is 0. The van der Waals surface area contributed by atoms with Crippen molar-refractivity contribution in [2.75, 3.05) is 17.2 Å². The molecule has 86 valence electrons. The van der Waals surface area contributed by atoms with Gasteiger partial charge in [-0.15, -0.1) is 0 Å². The first-order valence-electron chi connectivity index (χ1n) is 5.97. The maximum atomic E-state index is 5.98. The molecule has 0 unspecified atom stereocenters. The van der Waals surface area contributed by atoms with Crippen LogP contribution < -0.4 is 10.6 Å². The van der Waals surface area contributed by atoms with Crippen molar-refractivity contribution in [3.63, 3.8) is 0 Å². The van der Waals surface area contributed by atoms with Crippen LogP contribution in [0.3, 0.4) is 0 Å². The smallest absolute Gasteiger partial charge is 0.0444 e. The van der Waals surface area contributed by atoms with Gasteiger partial charge in [-0.25, -0.2) is 0 Å². The average Bonchev–Trinajstić information content (AvgIpc) is 2.76. The predicted octanol–water partition coefficient (Wildman–Crippen LogP) is 3.27. The Morgan fingerprint density at radius 1 is 1.12 bits per heavy atom. The largest absolute Gasteiger partial charge is 0.398 e. The average molecular weight is 224 g/mol. The third kappa shape index (κ3) is 1.66. The third-order valence-corrected chi connectivity index (χ3v) is 3.46. The molecule has 0 aliphatic carbocycles. The van der Waals surface area contributed by atoms with Crippen LogP contribution in [0.15, 0.2) is 42.5 Å². The lowest BCUT2D eigenvalue weighted by Crippen LogP contribution is -2.13. The molecule has 1 aliphatic heterocycles. The Bertz CT molecular complexity index is 561. The van der Waals surface area contributed by atoms with Crippen molar-refractivity contribution >= 4 is 17.1 Å². The number of rotatable bonds is 1. The van der Waals surface area contributed by atoms with Crippen molar-refractivity contribution in [2.24, 2.45) is 0 Å². The first-order chi connectivity index (χ1) is 8.25. The van der Waals surface area contributed by atoms with Gasteiger partial charge in [-0.2, -0.15) is 0 Å². The molecule has 2 aromatic carbocycles. The summed E-state index contributed by atoms with van der Waals surface area (Å²) in [6.45, 7) is 3.08. The van der Waals surface area contributed by atoms with Crippen molar-refractivity contribution in [3.05, 3.63) is 53.6 Å². The lowest BCUT2D eigenvalue weighted by Gasteiger charge is -2.20. The molecule has 2 nitrogen and oxygen atoms in total. The van der Waals surface area contributed by atoms with Gasteiger partial charge in [-0.1, -0.05) is 24.3 Å². The molecule has 1 aliphatic rings. The molecule has 0 atom stereocenters. The Kier molecular flexibility index (Phi) is 2.29. The molecule has 0 fully saturated rings. The summed E-state index contributed by atoms with van der Waals surface area (Å²) in [4.78, 5) is 2.34. The van der Waals surface area contributed by atoms with Crippen LogP contribution in [0.5, 0.6) is 0 Å². The zero-order valence-electron chi connectivity index (χ0n) is 9.98. The minimum Gasteiger partial charge on any atom is -0.398 e. The molecule has 0 saturated carbocycles. The van der Waals surface area contributed by atoms with Crippen LogP contribution in [0.2, 0.25) is 0 Å². The van der Waals surface area contributed by atoms with E-state index in [1.54, 1.807) is 0 Å². The van der Waals surface area contributed by atoms with Crippen LogP contribution in [0.25, 0.3) is 0 Å². The Hall–Kier alpha value is -1.96. The number of benzene rings is 2. The highest BCUT2D eigenvalue weighted by Crippen LogP contribution is 2.35. The molecule has 0 amide bonds. The zero-order chi connectivity index (χ0) is 11.8. The van der Waals surface area contributed by atoms with Gasteiger partial charge >= 0.3 is 0 Å². The highest BCUT2D eigenvalue weighted by atomic mass is 15.2. The number of nitrogens with zero attached hydrogens (tertiary/aromatic N) is 1. The molecule has 0 spiro atoms. The van der Waals surface area contributed by atoms with Crippen LogP contribution in [-0.4, -0.2) is 6.54 Å². The van der Waals surface area contributed by atoms with E-state index in [1.165, 1.54) is 16.9 Å². The van der Waals surface area contributed by atoms with Gasteiger partial charge in [-0.05, 0) is 42.7 Å². The molecule has 0 radical (unpaired) electrons. The molecule has 1 heterocycles. The number of nitrogen functional groups attached to an aromatic ring is 1. The van der Waals surface area contributed by atoms with Crippen molar-refractivity contribution in [2.45, 2.75) is 13.3 Å². The molecule has 2 heteroatoms. The Morgan fingerprint density at radius 2 is 1.94 bits per heavy atom. The van der Waals surface area contributed by atoms with E-state index in [9.17, 15) is 0 Å². The molecule has 2 N–H and O–H groups in total. The van der Waals surface area contributed by atoms with Gasteiger partial charge in [0.2, 0.25) is 0 Å². The van der Waals surface area contributed by atoms with E-state index in [0.717, 1.165) is 24.2 Å². The van der Waals surface area contributed by atoms with E-state index in [1.807, 2.05) is 6.92 Å². The van der Waals surface area contributed by atoms with Gasteiger partial charge in [-0.3, -0.25) is 0 Å². The fraction of sp³-hybridized carbons (Fsp3) is 0.200. The Balaban J connectivity index is 2.04. The molecule has 0 saturated heterocycles. The number of anilines is 3. The summed E-state index contributed by atoms with van der Waals surface area (Å²) in [6.07, 6.45) is 1.12. The van der Waals surface area contributed by atoms with E-state index in [-0.39, 0.29) is 0 Å². The zero-order valence-corrected chi connectivity index (χ0v) is 9.98. The number of fused-ring (bicyclic) bond motifs is 1. The van der Waals surface area contributed by atoms with Gasteiger partial charge < -0.3 is 10.6 Å². The summed E-state index contributed by atoms with van der Waals surface area (Å²) in [5, 5.41) is 0. The summed E-state index contributed by atoms with van der Waals surface area (Å²) in [5.74, 6) is 0. The van der Waals surface area contributed by atoms with Gasteiger partial charge in [0.05, 0.1) is 0 Å². The number of hydrogen-bond acceptors (Lipinski definition) is 2. The molecule has 17 heavy (non-hydrogen) atoms. The van der Waals surface area contributed by atoms with Crippen LogP contribution in [0, 0.1) is 6.92 Å². The fourth-order valence-corrected chi connectivity index (χ4v) is 2.40. The highest BCUT2D eigenvalue weighted by Gasteiger charge is 2.19. The Morgan fingerprint density at radius 3 is 2.76 bits per heavy atom. The lowest BCUT2D eigenvalue weighted by molar-refractivity contribution is 0.998. The number of nitrogens with two attached hydrogens (primary N) is 1. The summed E-state index contributed by atoms with van der Waals surface area (Å²) < 4.78 is 0. The first-order valence-corrected chi connectivity index (χ1v) is 5.97. The highest BCUT2D eigenvalue weighted by molar-refractivity contribution is 5.72. The van der Waals surface area contributed by atoms with Gasteiger partial charge in [0, 0.05) is 23.6 Å². The van der Waals surface area contributed by atoms with Gasteiger partial charge in [0.15, 0.2) is 0 Å². The number of aryl methyl sites for hydroxylation is 1. The molecule has 2 aromatic rings. The molecule has 0 bridgehead atoms. The summed E-state index contributed by atoms with van der Waals surface area (Å²) in [5.41, 5.74) is 11.9. The van der Waals surface area contributed by atoms with Crippen LogP contribution >= 0.6 is 0 Å². The van der Waals surface area contributed by atoms with Crippen molar-refractivity contribution in [1.29, 1.82) is 0 Å². The lowest BCUT2D eigenvalue weighted by atomic mass is 10.1. The second kappa shape index (κ2) is 3.81. The predicted molar refractivity (Wildman–Crippen MR) is 72.7 cm³/mol. The normalized spacial score (nSPS) is 13.8. The van der Waals surface area contributed by atoms with Crippen molar-refractivity contribution < 1.29 is 0 Å². The number of para-hydroxylation sites is 1. The van der Waals surface area contributed by atoms with Gasteiger partial charge in [0.25, 0.3) is 0 Å². The monoisotopic (exact) mass is 224 g/mol. The van der Waals surface area contributed by atoms with E-state index < -0.39 is 0 Å². The fourth-order valence-electron chi connectivity index (χ4n) is 2.40. The van der Waals surface area contributed by atoms with E-state index >= 15 is 0 Å². The molecule has 3 rings (SSSR count). The molecular weight excluding hydrogens is 208 g/mol. The second-order valence-electron chi connectivity index (χ2n) is 4.57. The van der Waals surface area contributed by atoms with Gasteiger partial charge in [0.1, 0.15) is 0 Å². The van der Waals surface area contributed by atoms with Crippen LogP contribution in [-0.2, 0) is 6.42 Å². The van der Waals surface area contributed by atoms with E-state index in [4.69, 9.17) is 5.73 Å². The minimum atomic E-state index is 0.867. The summed E-state index contributed by atoms with van der Waals surface area (Å²) in [6, 6.07) is 14.9. The minimum absolute atomic E-state index is 0.867. The SMILES string of the molecule is Cc1ccc(N2CCc3ccccc32)cc1N. The second-order valence-corrected chi connectivity index (χ2v) is 4.57. The van der Waals surface area contributed by atoms with E-state index in [2.05, 4.69) is 47.4 Å². The van der Waals surface area contributed by atoms with Crippen molar-refractivity contribution in [1.82, 2.24) is 0 Å². The standard InChI is InChI=1S/C15H16N2/c1-11-6-7-13(10-14(11)16)17-9-8-12-4-2-3-5-15(12)17/h2-7,10H,8-9,16H2,1H3. The Labute approximate surface area is 102 Å². The third-order valence-electron chi connectivity index (χ3n) is 3.46. The van der Waals surface area contributed by atoms with E-state index in [0.29, 0.717) is 0 Å². The molecule has 0 aromatic heterocycles. The number of hydrogen-bond donors (Lipinski definition) is 1. The van der Waals surface area contributed by atoms with Crippen molar-refractivity contribution in [3.8, 4) is 0 Å². The molecular formula is C15H16N2. The topological polar surface area (TPSA) is 29.3 Å². The van der Waals surface area contributed by atoms with Crippen LogP contribution in [0.4, 0.5) is 17.1 Å². The maximum absolute atomic E-state index is 5.98. The van der Waals surface area contributed by atoms with Crippen LogP contribution in [0.1, 0.15) is 11.1 Å². The first kappa shape index (κ1) is 10.2.